The lowest BCUT2D eigenvalue weighted by atomic mass is 10.1. The van der Waals surface area contributed by atoms with Crippen molar-refractivity contribution in [2.24, 2.45) is 0 Å². The van der Waals surface area contributed by atoms with Crippen LogP contribution in [0, 0.1) is 0 Å². The molecule has 0 radical (unpaired) electrons. The van der Waals surface area contributed by atoms with E-state index in [0.29, 0.717) is 17.5 Å². The second-order valence-corrected chi connectivity index (χ2v) is 5.09. The van der Waals surface area contributed by atoms with E-state index in [1.165, 1.54) is 6.92 Å². The number of rotatable bonds is 6. The standard InChI is InChI=1S/C17H16N4O4/c1-10(22)15-17(20-21-19-15)25-12-6-4-11(5-7-12)13-8-9-14(23-2)18-16(13)24-3/h4-9H,1-3H3,(H,19,20,21). The predicted octanol–water partition coefficient (Wildman–Crippen LogP) is 2.88. The fourth-order valence-electron chi connectivity index (χ4n) is 2.25. The van der Waals surface area contributed by atoms with Crippen molar-refractivity contribution >= 4 is 5.78 Å². The van der Waals surface area contributed by atoms with Gasteiger partial charge in [-0.3, -0.25) is 9.89 Å². The van der Waals surface area contributed by atoms with Crippen molar-refractivity contribution in [2.45, 2.75) is 6.92 Å². The van der Waals surface area contributed by atoms with Crippen LogP contribution < -0.4 is 14.2 Å². The highest BCUT2D eigenvalue weighted by molar-refractivity contribution is 5.94. The van der Waals surface area contributed by atoms with E-state index in [1.807, 2.05) is 18.2 Å². The molecule has 3 aromatic rings. The summed E-state index contributed by atoms with van der Waals surface area (Å²) < 4.78 is 16.0. The van der Waals surface area contributed by atoms with Gasteiger partial charge in [0.25, 0.3) is 5.88 Å². The molecule has 0 aliphatic rings. The number of hydrogen-bond donors (Lipinski definition) is 1. The number of methoxy groups -OCH3 is 2. The first kappa shape index (κ1) is 16.4. The molecule has 0 bridgehead atoms. The van der Waals surface area contributed by atoms with Gasteiger partial charge < -0.3 is 14.2 Å². The van der Waals surface area contributed by atoms with E-state index in [-0.39, 0.29) is 17.4 Å². The van der Waals surface area contributed by atoms with Crippen LogP contribution >= 0.6 is 0 Å². The molecule has 1 aromatic carbocycles. The van der Waals surface area contributed by atoms with Crippen molar-refractivity contribution in [1.82, 2.24) is 20.4 Å². The Morgan fingerprint density at radius 2 is 1.76 bits per heavy atom. The first-order valence-electron chi connectivity index (χ1n) is 7.41. The molecule has 0 amide bonds. The number of aromatic amines is 1. The Morgan fingerprint density at radius 1 is 1.00 bits per heavy atom. The summed E-state index contributed by atoms with van der Waals surface area (Å²) in [7, 11) is 3.10. The van der Waals surface area contributed by atoms with E-state index in [9.17, 15) is 4.79 Å². The minimum atomic E-state index is -0.203. The highest BCUT2D eigenvalue weighted by Crippen LogP contribution is 2.32. The second kappa shape index (κ2) is 7.00. The Kier molecular flexibility index (Phi) is 4.60. The van der Waals surface area contributed by atoms with E-state index >= 15 is 0 Å². The lowest BCUT2D eigenvalue weighted by Gasteiger charge is -2.10. The maximum Gasteiger partial charge on any atom is 0.269 e. The van der Waals surface area contributed by atoms with E-state index in [0.717, 1.165) is 11.1 Å². The number of ether oxygens (including phenoxy) is 3. The number of H-pyrrole nitrogens is 1. The molecule has 8 nitrogen and oxygen atoms in total. The first-order valence-corrected chi connectivity index (χ1v) is 7.41. The molecular weight excluding hydrogens is 324 g/mol. The fraction of sp³-hybridized carbons (Fsp3) is 0.176. The molecule has 8 heteroatoms. The molecule has 25 heavy (non-hydrogen) atoms. The second-order valence-electron chi connectivity index (χ2n) is 5.09. The van der Waals surface area contributed by atoms with Crippen molar-refractivity contribution < 1.29 is 19.0 Å². The molecule has 0 saturated heterocycles. The van der Waals surface area contributed by atoms with Crippen LogP contribution in [0.15, 0.2) is 36.4 Å². The number of Topliss-reactive ketones (excluding diaryl/α,β-unsaturated/α-hetero) is 1. The van der Waals surface area contributed by atoms with Gasteiger partial charge in [0.05, 0.1) is 14.2 Å². The monoisotopic (exact) mass is 340 g/mol. The van der Waals surface area contributed by atoms with Crippen molar-refractivity contribution in [2.75, 3.05) is 14.2 Å². The van der Waals surface area contributed by atoms with Crippen LogP contribution in [0.3, 0.4) is 0 Å². The molecule has 2 aromatic heterocycles. The van der Waals surface area contributed by atoms with Gasteiger partial charge >= 0.3 is 0 Å². The zero-order chi connectivity index (χ0) is 17.8. The van der Waals surface area contributed by atoms with Gasteiger partial charge in [-0.25, -0.2) is 0 Å². The van der Waals surface area contributed by atoms with Crippen LogP contribution in [0.1, 0.15) is 17.4 Å². The molecule has 0 aliphatic heterocycles. The number of carbonyl (C=O) groups is 1. The van der Waals surface area contributed by atoms with Crippen molar-refractivity contribution in [1.29, 1.82) is 0 Å². The van der Waals surface area contributed by atoms with E-state index < -0.39 is 0 Å². The quantitative estimate of drug-likeness (QED) is 0.689. The predicted molar refractivity (Wildman–Crippen MR) is 89.2 cm³/mol. The van der Waals surface area contributed by atoms with Gasteiger partial charge in [0.15, 0.2) is 11.5 Å². The fourth-order valence-corrected chi connectivity index (χ4v) is 2.25. The number of aromatic nitrogens is 4. The summed E-state index contributed by atoms with van der Waals surface area (Å²) in [4.78, 5) is 15.7. The third kappa shape index (κ3) is 3.42. The number of carbonyl (C=O) groups excluding carboxylic acids is 1. The number of hydrogen-bond acceptors (Lipinski definition) is 7. The van der Waals surface area contributed by atoms with Gasteiger partial charge in [0.1, 0.15) is 5.75 Å². The van der Waals surface area contributed by atoms with Crippen molar-refractivity contribution in [3.8, 4) is 34.5 Å². The van der Waals surface area contributed by atoms with Gasteiger partial charge in [-0.15, -0.1) is 0 Å². The smallest absolute Gasteiger partial charge is 0.269 e. The van der Waals surface area contributed by atoms with Crippen molar-refractivity contribution in [3.05, 3.63) is 42.1 Å². The highest BCUT2D eigenvalue weighted by Gasteiger charge is 2.14. The van der Waals surface area contributed by atoms with Crippen LogP contribution in [0.4, 0.5) is 0 Å². The van der Waals surface area contributed by atoms with Gasteiger partial charge in [-0.2, -0.15) is 4.98 Å². The molecule has 1 N–H and O–H groups in total. The summed E-state index contributed by atoms with van der Waals surface area (Å²) in [5, 5.41) is 9.87. The summed E-state index contributed by atoms with van der Waals surface area (Å²) >= 11 is 0. The third-order valence-electron chi connectivity index (χ3n) is 3.49. The maximum atomic E-state index is 11.5. The zero-order valence-corrected chi connectivity index (χ0v) is 13.9. The first-order chi connectivity index (χ1) is 12.1. The van der Waals surface area contributed by atoms with Gasteiger partial charge in [-0.05, 0) is 23.8 Å². The molecule has 0 unspecified atom stereocenters. The summed E-state index contributed by atoms with van der Waals surface area (Å²) in [6.45, 7) is 1.41. The molecule has 3 rings (SSSR count). The number of nitrogens with zero attached hydrogens (tertiary/aromatic N) is 3. The van der Waals surface area contributed by atoms with Gasteiger partial charge in [0.2, 0.25) is 11.8 Å². The van der Waals surface area contributed by atoms with E-state index in [4.69, 9.17) is 14.2 Å². The molecule has 0 atom stereocenters. The minimum Gasteiger partial charge on any atom is -0.481 e. The molecule has 128 valence electrons. The Hall–Kier alpha value is -3.42. The summed E-state index contributed by atoms with van der Waals surface area (Å²) in [6.07, 6.45) is 0. The molecule has 0 aliphatic carbocycles. The van der Waals surface area contributed by atoms with Crippen LogP contribution in [0.5, 0.6) is 23.4 Å². The van der Waals surface area contributed by atoms with Crippen LogP contribution in [-0.2, 0) is 0 Å². The minimum absolute atomic E-state index is 0.143. The average Bonchev–Trinajstić information content (AvgIpc) is 3.10. The average molecular weight is 340 g/mol. The van der Waals surface area contributed by atoms with Gasteiger partial charge in [-0.1, -0.05) is 22.4 Å². The summed E-state index contributed by atoms with van der Waals surface area (Å²) in [6, 6.07) is 10.9. The summed E-state index contributed by atoms with van der Waals surface area (Å²) in [5.74, 6) is 1.40. The molecule has 0 saturated carbocycles. The molecule has 0 spiro atoms. The Bertz CT molecular complexity index is 890. The number of pyridine rings is 1. The lowest BCUT2D eigenvalue weighted by Crippen LogP contribution is -1.97. The molecule has 0 fully saturated rings. The largest absolute Gasteiger partial charge is 0.481 e. The van der Waals surface area contributed by atoms with Crippen molar-refractivity contribution in [3.63, 3.8) is 0 Å². The normalized spacial score (nSPS) is 10.4. The Morgan fingerprint density at radius 3 is 2.40 bits per heavy atom. The Labute approximate surface area is 143 Å². The molecule has 2 heterocycles. The van der Waals surface area contributed by atoms with Crippen LogP contribution in [0.2, 0.25) is 0 Å². The van der Waals surface area contributed by atoms with E-state index in [2.05, 4.69) is 20.4 Å². The zero-order valence-electron chi connectivity index (χ0n) is 13.9. The van der Waals surface area contributed by atoms with Crippen LogP contribution in [-0.4, -0.2) is 40.4 Å². The summed E-state index contributed by atoms with van der Waals surface area (Å²) in [5.41, 5.74) is 1.94. The Balaban J connectivity index is 1.85. The number of nitrogens with one attached hydrogen (secondary N) is 1. The molecular formula is C17H16N4O4. The van der Waals surface area contributed by atoms with Crippen LogP contribution in [0.25, 0.3) is 11.1 Å². The topological polar surface area (TPSA) is 99.2 Å². The highest BCUT2D eigenvalue weighted by atomic mass is 16.5. The van der Waals surface area contributed by atoms with Gasteiger partial charge in [0, 0.05) is 18.6 Å². The SMILES string of the molecule is COc1ccc(-c2ccc(Oc3nn[nH]c3C(C)=O)cc2)c(OC)n1. The third-order valence-corrected chi connectivity index (χ3v) is 3.49. The lowest BCUT2D eigenvalue weighted by molar-refractivity contribution is 0.101. The van der Waals surface area contributed by atoms with E-state index in [1.54, 1.807) is 32.4 Å². The maximum absolute atomic E-state index is 11.5. The number of ketones is 1. The number of benzene rings is 1.